The second-order valence-corrected chi connectivity index (χ2v) is 7.79. The lowest BCUT2D eigenvalue weighted by Gasteiger charge is -2.21. The van der Waals surface area contributed by atoms with E-state index >= 15 is 0 Å². The summed E-state index contributed by atoms with van der Waals surface area (Å²) in [6.45, 7) is 5.29. The number of ether oxygens (including phenoxy) is 1. The Hall–Kier alpha value is -3.45. The largest absolute Gasteiger partial charge is 0.381 e. The van der Waals surface area contributed by atoms with Crippen LogP contribution in [0.15, 0.2) is 54.6 Å². The zero-order valence-corrected chi connectivity index (χ0v) is 17.8. The molecule has 1 fully saturated rings. The summed E-state index contributed by atoms with van der Waals surface area (Å²) in [7, 11) is 0. The summed E-state index contributed by atoms with van der Waals surface area (Å²) in [6.07, 6.45) is 1.55. The summed E-state index contributed by atoms with van der Waals surface area (Å²) in [5.41, 5.74) is 4.65. The molecule has 0 radical (unpaired) electrons. The molecule has 0 aliphatic carbocycles. The number of nitrogens with zero attached hydrogens (tertiary/aromatic N) is 2. The zero-order valence-electron chi connectivity index (χ0n) is 17.8. The van der Waals surface area contributed by atoms with E-state index in [1.54, 1.807) is 0 Å². The Kier molecular flexibility index (Phi) is 6.43. The van der Waals surface area contributed by atoms with E-state index in [1.165, 1.54) is 5.56 Å². The molecular weight excluding hydrogens is 390 g/mol. The van der Waals surface area contributed by atoms with Crippen molar-refractivity contribution in [3.8, 4) is 0 Å². The first-order valence-corrected chi connectivity index (χ1v) is 10.5. The Labute approximate surface area is 182 Å². The third kappa shape index (κ3) is 5.79. The molecule has 3 aromatic rings. The van der Waals surface area contributed by atoms with Crippen molar-refractivity contribution in [3.63, 3.8) is 0 Å². The number of anilines is 5. The topological polar surface area (TPSA) is 88.2 Å². The van der Waals surface area contributed by atoms with Crippen molar-refractivity contribution in [2.75, 3.05) is 29.2 Å². The van der Waals surface area contributed by atoms with E-state index in [-0.39, 0.29) is 11.8 Å². The first-order valence-electron chi connectivity index (χ1n) is 10.5. The van der Waals surface area contributed by atoms with Gasteiger partial charge in [0.05, 0.1) is 0 Å². The van der Waals surface area contributed by atoms with E-state index in [4.69, 9.17) is 4.74 Å². The molecule has 0 unspecified atom stereocenters. The fourth-order valence-electron chi connectivity index (χ4n) is 3.44. The number of rotatable bonds is 6. The van der Waals surface area contributed by atoms with Gasteiger partial charge in [0.25, 0.3) is 0 Å². The number of amides is 1. The maximum atomic E-state index is 12.4. The number of carbonyl (C=O) groups excluding carboxylic acids is 1. The molecule has 0 bridgehead atoms. The molecule has 4 rings (SSSR count). The molecule has 1 amide bonds. The van der Waals surface area contributed by atoms with Crippen molar-refractivity contribution >= 4 is 34.7 Å². The maximum absolute atomic E-state index is 12.4. The van der Waals surface area contributed by atoms with Gasteiger partial charge < -0.3 is 20.7 Å². The molecule has 7 nitrogen and oxygen atoms in total. The number of hydrogen-bond donors (Lipinski definition) is 3. The van der Waals surface area contributed by atoms with Gasteiger partial charge in [-0.3, -0.25) is 4.79 Å². The monoisotopic (exact) mass is 417 g/mol. The van der Waals surface area contributed by atoms with Gasteiger partial charge in [-0.05, 0) is 63.1 Å². The summed E-state index contributed by atoms with van der Waals surface area (Å²) in [5.74, 6) is 1.30. The second kappa shape index (κ2) is 9.57. The first kappa shape index (κ1) is 20.8. The molecule has 31 heavy (non-hydrogen) atoms. The summed E-state index contributed by atoms with van der Waals surface area (Å²) >= 11 is 0. The standard InChI is InChI=1S/C24H27N5O2/c1-16-3-5-19(6-4-16)26-22-15-17(2)25-24(29-22)28-21-9-7-20(8-10-21)27-23(30)18-11-13-31-14-12-18/h3-10,15,18H,11-14H2,1-2H3,(H,27,30)(H2,25,26,28,29). The van der Waals surface area contributed by atoms with Gasteiger partial charge in [0.2, 0.25) is 11.9 Å². The van der Waals surface area contributed by atoms with Crippen molar-refractivity contribution in [2.24, 2.45) is 5.92 Å². The number of carbonyl (C=O) groups is 1. The molecule has 2 heterocycles. The minimum absolute atomic E-state index is 0.0201. The van der Waals surface area contributed by atoms with Gasteiger partial charge in [-0.15, -0.1) is 0 Å². The Morgan fingerprint density at radius 3 is 2.19 bits per heavy atom. The zero-order chi connectivity index (χ0) is 21.6. The van der Waals surface area contributed by atoms with E-state index < -0.39 is 0 Å². The van der Waals surface area contributed by atoms with Crippen LogP contribution in [0.1, 0.15) is 24.1 Å². The Bertz CT molecular complexity index is 1030. The fraction of sp³-hybridized carbons (Fsp3) is 0.292. The van der Waals surface area contributed by atoms with Crippen LogP contribution in [0, 0.1) is 19.8 Å². The third-order valence-electron chi connectivity index (χ3n) is 5.18. The highest BCUT2D eigenvalue weighted by atomic mass is 16.5. The molecule has 3 N–H and O–H groups in total. The fourth-order valence-corrected chi connectivity index (χ4v) is 3.44. The van der Waals surface area contributed by atoms with Gasteiger partial charge >= 0.3 is 0 Å². The molecule has 0 spiro atoms. The molecule has 1 saturated heterocycles. The van der Waals surface area contributed by atoms with E-state index in [0.29, 0.717) is 19.2 Å². The van der Waals surface area contributed by atoms with Crippen LogP contribution in [-0.2, 0) is 9.53 Å². The summed E-state index contributed by atoms with van der Waals surface area (Å²) in [5, 5.41) is 9.53. The van der Waals surface area contributed by atoms with Crippen molar-refractivity contribution in [2.45, 2.75) is 26.7 Å². The average Bonchev–Trinajstić information content (AvgIpc) is 2.77. The van der Waals surface area contributed by atoms with Crippen LogP contribution in [0.5, 0.6) is 0 Å². The van der Waals surface area contributed by atoms with E-state index in [9.17, 15) is 4.79 Å². The number of nitrogens with one attached hydrogen (secondary N) is 3. The van der Waals surface area contributed by atoms with E-state index in [1.807, 2.05) is 49.4 Å². The van der Waals surface area contributed by atoms with Crippen LogP contribution in [0.3, 0.4) is 0 Å². The minimum Gasteiger partial charge on any atom is -0.381 e. The van der Waals surface area contributed by atoms with Crippen LogP contribution in [0.25, 0.3) is 0 Å². The molecule has 1 aliphatic heterocycles. The highest BCUT2D eigenvalue weighted by Gasteiger charge is 2.21. The molecule has 2 aromatic carbocycles. The number of benzene rings is 2. The highest BCUT2D eigenvalue weighted by Crippen LogP contribution is 2.22. The predicted molar refractivity (Wildman–Crippen MR) is 123 cm³/mol. The van der Waals surface area contributed by atoms with Crippen LogP contribution >= 0.6 is 0 Å². The van der Waals surface area contributed by atoms with Crippen molar-refractivity contribution < 1.29 is 9.53 Å². The Morgan fingerprint density at radius 2 is 1.48 bits per heavy atom. The van der Waals surface area contributed by atoms with Crippen LogP contribution in [0.2, 0.25) is 0 Å². The molecular formula is C24H27N5O2. The van der Waals surface area contributed by atoms with Gasteiger partial charge in [0.1, 0.15) is 5.82 Å². The van der Waals surface area contributed by atoms with Crippen LogP contribution in [-0.4, -0.2) is 29.1 Å². The van der Waals surface area contributed by atoms with Gasteiger partial charge in [-0.25, -0.2) is 4.98 Å². The summed E-state index contributed by atoms with van der Waals surface area (Å²) in [6, 6.07) is 17.6. The first-order chi connectivity index (χ1) is 15.0. The van der Waals surface area contributed by atoms with Crippen molar-refractivity contribution in [1.82, 2.24) is 9.97 Å². The van der Waals surface area contributed by atoms with Gasteiger partial charge in [0, 0.05) is 48.0 Å². The van der Waals surface area contributed by atoms with Crippen LogP contribution < -0.4 is 16.0 Å². The highest BCUT2D eigenvalue weighted by molar-refractivity contribution is 5.92. The van der Waals surface area contributed by atoms with E-state index in [0.717, 1.165) is 41.4 Å². The van der Waals surface area contributed by atoms with Gasteiger partial charge in [-0.2, -0.15) is 4.98 Å². The van der Waals surface area contributed by atoms with E-state index in [2.05, 4.69) is 45.0 Å². The number of hydrogen-bond acceptors (Lipinski definition) is 6. The van der Waals surface area contributed by atoms with Gasteiger partial charge in [-0.1, -0.05) is 17.7 Å². The summed E-state index contributed by atoms with van der Waals surface area (Å²) in [4.78, 5) is 21.4. The summed E-state index contributed by atoms with van der Waals surface area (Å²) < 4.78 is 5.32. The maximum Gasteiger partial charge on any atom is 0.229 e. The number of aromatic nitrogens is 2. The van der Waals surface area contributed by atoms with Crippen molar-refractivity contribution in [3.05, 3.63) is 65.9 Å². The van der Waals surface area contributed by atoms with Gasteiger partial charge in [0.15, 0.2) is 0 Å². The molecule has 160 valence electrons. The minimum atomic E-state index is 0.0201. The van der Waals surface area contributed by atoms with Crippen molar-refractivity contribution in [1.29, 1.82) is 0 Å². The van der Waals surface area contributed by atoms with Crippen LogP contribution in [0.4, 0.5) is 28.8 Å². The lowest BCUT2D eigenvalue weighted by Crippen LogP contribution is -2.28. The number of aryl methyl sites for hydroxylation is 2. The molecule has 0 atom stereocenters. The third-order valence-corrected chi connectivity index (χ3v) is 5.18. The predicted octanol–water partition coefficient (Wildman–Crippen LogP) is 4.95. The molecule has 1 aliphatic rings. The molecule has 7 heteroatoms. The smallest absolute Gasteiger partial charge is 0.229 e. The average molecular weight is 418 g/mol. The Balaban J connectivity index is 1.39. The Morgan fingerprint density at radius 1 is 0.871 bits per heavy atom. The normalized spacial score (nSPS) is 14.1. The lowest BCUT2D eigenvalue weighted by molar-refractivity contribution is -0.122. The SMILES string of the molecule is Cc1ccc(Nc2cc(C)nc(Nc3ccc(NC(=O)C4CCOCC4)cc3)n2)cc1. The second-order valence-electron chi connectivity index (χ2n) is 7.79. The lowest BCUT2D eigenvalue weighted by atomic mass is 9.99. The quantitative estimate of drug-likeness (QED) is 0.526. The molecule has 0 saturated carbocycles. The molecule has 1 aromatic heterocycles.